The van der Waals surface area contributed by atoms with Gasteiger partial charge in [-0.15, -0.1) is 0 Å². The maximum absolute atomic E-state index is 12.4. The summed E-state index contributed by atoms with van der Waals surface area (Å²) in [5, 5.41) is 4.68. The third-order valence-corrected chi connectivity index (χ3v) is 4.72. The lowest BCUT2D eigenvalue weighted by atomic mass is 10.2. The number of halogens is 1. The normalized spacial score (nSPS) is 19.1. The number of rotatable bonds is 4. The van der Waals surface area contributed by atoms with Crippen LogP contribution in [0.25, 0.3) is 5.69 Å². The largest absolute Gasteiger partial charge is 0.451 e. The van der Waals surface area contributed by atoms with Crippen LogP contribution in [-0.4, -0.2) is 58.5 Å². The fraction of sp³-hybridized carbons (Fsp3) is 0.400. The highest BCUT2D eigenvalue weighted by Crippen LogP contribution is 2.14. The summed E-state index contributed by atoms with van der Waals surface area (Å²) in [6.45, 7) is 5.82. The fourth-order valence-corrected chi connectivity index (χ4v) is 3.33. The van der Waals surface area contributed by atoms with E-state index >= 15 is 0 Å². The molecule has 2 aromatic rings. The first-order chi connectivity index (χ1) is 13.7. The van der Waals surface area contributed by atoms with E-state index < -0.39 is 18.0 Å². The van der Waals surface area contributed by atoms with Gasteiger partial charge < -0.3 is 14.4 Å². The van der Waals surface area contributed by atoms with Crippen molar-refractivity contribution in [1.29, 1.82) is 0 Å². The van der Waals surface area contributed by atoms with Crippen LogP contribution in [0, 0.1) is 6.92 Å². The standard InChI is InChI=1S/C20H22ClN3O5/c1-12-8-17(25)19(22-24(12)16-6-4-15(21)5-7-16)20(27)28-11-18(26)23-9-13(2)29-14(3)10-23/h4-8,13-14H,9-11H2,1-3H3/t13-,14-/m1/s1. The number of hydrogen-bond acceptors (Lipinski definition) is 6. The lowest BCUT2D eigenvalue weighted by molar-refractivity contribution is -0.146. The Morgan fingerprint density at radius 3 is 2.45 bits per heavy atom. The van der Waals surface area contributed by atoms with E-state index in [0.29, 0.717) is 29.5 Å². The van der Waals surface area contributed by atoms with Crippen molar-refractivity contribution in [3.05, 3.63) is 57.0 Å². The maximum Gasteiger partial charge on any atom is 0.363 e. The molecule has 29 heavy (non-hydrogen) atoms. The topological polar surface area (TPSA) is 90.7 Å². The zero-order chi connectivity index (χ0) is 21.1. The van der Waals surface area contributed by atoms with E-state index in [1.807, 2.05) is 13.8 Å². The van der Waals surface area contributed by atoms with Crippen LogP contribution in [0.15, 0.2) is 35.1 Å². The Labute approximate surface area is 173 Å². The minimum atomic E-state index is -0.944. The molecule has 1 aliphatic heterocycles. The molecule has 0 radical (unpaired) electrons. The van der Waals surface area contributed by atoms with Crippen LogP contribution in [-0.2, 0) is 14.3 Å². The van der Waals surface area contributed by atoms with Crippen LogP contribution in [0.4, 0.5) is 0 Å². The van der Waals surface area contributed by atoms with Gasteiger partial charge in [-0.3, -0.25) is 9.59 Å². The van der Waals surface area contributed by atoms with E-state index in [9.17, 15) is 14.4 Å². The molecule has 9 heteroatoms. The molecular formula is C20H22ClN3O5. The van der Waals surface area contributed by atoms with Gasteiger partial charge in [0.15, 0.2) is 6.61 Å². The number of amides is 1. The van der Waals surface area contributed by atoms with Crippen LogP contribution >= 0.6 is 11.6 Å². The van der Waals surface area contributed by atoms with Crippen molar-refractivity contribution in [2.45, 2.75) is 33.0 Å². The number of esters is 1. The van der Waals surface area contributed by atoms with Gasteiger partial charge >= 0.3 is 5.97 Å². The molecule has 1 aromatic carbocycles. The molecule has 0 bridgehead atoms. The van der Waals surface area contributed by atoms with E-state index in [4.69, 9.17) is 21.1 Å². The van der Waals surface area contributed by atoms with Crippen LogP contribution < -0.4 is 5.43 Å². The Bertz CT molecular complexity index is 963. The third-order valence-electron chi connectivity index (χ3n) is 4.47. The molecule has 0 N–H and O–H groups in total. The quantitative estimate of drug-likeness (QED) is 0.704. The number of aryl methyl sites for hydroxylation is 1. The van der Waals surface area contributed by atoms with Crippen molar-refractivity contribution in [3.63, 3.8) is 0 Å². The van der Waals surface area contributed by atoms with Crippen LogP contribution in [0.2, 0.25) is 5.02 Å². The van der Waals surface area contributed by atoms with Gasteiger partial charge in [0.2, 0.25) is 11.1 Å². The lowest BCUT2D eigenvalue weighted by Crippen LogP contribution is -2.49. The summed E-state index contributed by atoms with van der Waals surface area (Å²) in [5.41, 5.74) is 0.218. The molecule has 0 aliphatic carbocycles. The molecule has 2 heterocycles. The highest BCUT2D eigenvalue weighted by Gasteiger charge is 2.27. The zero-order valence-corrected chi connectivity index (χ0v) is 17.2. The number of ether oxygens (including phenoxy) is 2. The molecule has 0 unspecified atom stereocenters. The molecule has 0 saturated carbocycles. The summed E-state index contributed by atoms with van der Waals surface area (Å²) in [4.78, 5) is 38.6. The molecule has 3 rings (SSSR count). The Kier molecular flexibility index (Phi) is 6.34. The Hall–Kier alpha value is -2.71. The number of aromatic nitrogens is 2. The van der Waals surface area contributed by atoms with Crippen molar-refractivity contribution < 1.29 is 19.1 Å². The minimum absolute atomic E-state index is 0.0938. The SMILES string of the molecule is Cc1cc(=O)c(C(=O)OCC(=O)N2C[C@@H](C)O[C@H](C)C2)nn1-c1ccc(Cl)cc1. The predicted octanol–water partition coefficient (Wildman–Crippen LogP) is 1.99. The van der Waals surface area contributed by atoms with Gasteiger partial charge in [-0.2, -0.15) is 5.10 Å². The van der Waals surface area contributed by atoms with Crippen LogP contribution in [0.5, 0.6) is 0 Å². The summed E-state index contributed by atoms with van der Waals surface area (Å²) in [6, 6.07) is 8.08. The second kappa shape index (κ2) is 8.75. The second-order valence-corrected chi connectivity index (χ2v) is 7.46. The lowest BCUT2D eigenvalue weighted by Gasteiger charge is -2.35. The van der Waals surface area contributed by atoms with E-state index in [2.05, 4.69) is 5.10 Å². The first-order valence-corrected chi connectivity index (χ1v) is 9.59. The van der Waals surface area contributed by atoms with Gasteiger partial charge in [-0.05, 0) is 45.0 Å². The number of morpholine rings is 1. The Morgan fingerprint density at radius 2 is 1.83 bits per heavy atom. The minimum Gasteiger partial charge on any atom is -0.451 e. The monoisotopic (exact) mass is 419 g/mol. The van der Waals surface area contributed by atoms with Gasteiger partial charge in [-0.25, -0.2) is 9.48 Å². The molecule has 0 spiro atoms. The number of nitrogens with zero attached hydrogens (tertiary/aromatic N) is 3. The molecular weight excluding hydrogens is 398 g/mol. The molecule has 1 fully saturated rings. The maximum atomic E-state index is 12.4. The Balaban J connectivity index is 1.73. The average molecular weight is 420 g/mol. The smallest absolute Gasteiger partial charge is 0.363 e. The summed E-state index contributed by atoms with van der Waals surface area (Å²) in [6.07, 6.45) is -0.188. The average Bonchev–Trinajstić information content (AvgIpc) is 2.66. The number of hydrogen-bond donors (Lipinski definition) is 0. The van der Waals surface area contributed by atoms with E-state index in [1.165, 1.54) is 10.7 Å². The first-order valence-electron chi connectivity index (χ1n) is 9.22. The molecule has 8 nitrogen and oxygen atoms in total. The molecule has 1 saturated heterocycles. The highest BCUT2D eigenvalue weighted by atomic mass is 35.5. The molecule has 1 amide bonds. The fourth-order valence-electron chi connectivity index (χ4n) is 3.20. The van der Waals surface area contributed by atoms with Crippen molar-refractivity contribution >= 4 is 23.5 Å². The molecule has 154 valence electrons. The van der Waals surface area contributed by atoms with Gasteiger partial charge in [0.05, 0.1) is 17.9 Å². The van der Waals surface area contributed by atoms with Gasteiger partial charge in [0, 0.05) is 29.9 Å². The predicted molar refractivity (Wildman–Crippen MR) is 106 cm³/mol. The molecule has 2 atom stereocenters. The summed E-state index contributed by atoms with van der Waals surface area (Å²) < 4.78 is 12.1. The van der Waals surface area contributed by atoms with Crippen molar-refractivity contribution in [2.24, 2.45) is 0 Å². The number of carbonyl (C=O) groups is 2. The van der Waals surface area contributed by atoms with Gasteiger partial charge in [0.25, 0.3) is 5.91 Å². The van der Waals surface area contributed by atoms with Crippen LogP contribution in [0.1, 0.15) is 30.0 Å². The van der Waals surface area contributed by atoms with E-state index in [-0.39, 0.29) is 23.8 Å². The van der Waals surface area contributed by atoms with Crippen molar-refractivity contribution in [3.8, 4) is 5.69 Å². The third kappa shape index (κ3) is 5.02. The van der Waals surface area contributed by atoms with E-state index in [1.54, 1.807) is 36.1 Å². The van der Waals surface area contributed by atoms with Gasteiger partial charge in [0.1, 0.15) is 0 Å². The Morgan fingerprint density at radius 1 is 1.21 bits per heavy atom. The van der Waals surface area contributed by atoms with Crippen molar-refractivity contribution in [2.75, 3.05) is 19.7 Å². The molecule has 1 aliphatic rings. The number of carbonyl (C=O) groups excluding carboxylic acids is 2. The first kappa shape index (κ1) is 21.0. The second-order valence-electron chi connectivity index (χ2n) is 7.02. The summed E-state index contributed by atoms with van der Waals surface area (Å²) >= 11 is 5.90. The van der Waals surface area contributed by atoms with E-state index in [0.717, 1.165) is 0 Å². The van der Waals surface area contributed by atoms with Gasteiger partial charge in [-0.1, -0.05) is 11.6 Å². The van der Waals surface area contributed by atoms with Crippen molar-refractivity contribution in [1.82, 2.24) is 14.7 Å². The highest BCUT2D eigenvalue weighted by molar-refractivity contribution is 6.30. The number of benzene rings is 1. The molecule has 1 aromatic heterocycles. The summed E-state index contributed by atoms with van der Waals surface area (Å²) in [7, 11) is 0. The zero-order valence-electron chi connectivity index (χ0n) is 16.4. The van der Waals surface area contributed by atoms with Crippen LogP contribution in [0.3, 0.4) is 0 Å². The summed E-state index contributed by atoms with van der Waals surface area (Å²) in [5.74, 6) is -1.29.